The summed E-state index contributed by atoms with van der Waals surface area (Å²) in [4.78, 5) is 17.4. The third kappa shape index (κ3) is 2.47. The number of rotatable bonds is 2. The Morgan fingerprint density at radius 2 is 2.00 bits per heavy atom. The maximum absolute atomic E-state index is 10.7. The minimum absolute atomic E-state index is 0.328. The van der Waals surface area contributed by atoms with Gasteiger partial charge in [-0.3, -0.25) is 0 Å². The molecule has 0 spiro atoms. The topological polar surface area (TPSA) is 53.4 Å². The Morgan fingerprint density at radius 1 is 1.33 bits per heavy atom. The lowest BCUT2D eigenvalue weighted by Crippen LogP contribution is -2.23. The second-order valence-electron chi connectivity index (χ2n) is 3.71. The van der Waals surface area contributed by atoms with Crippen LogP contribution in [0.5, 0.6) is 0 Å². The third-order valence-electron chi connectivity index (χ3n) is 2.58. The molecular weight excluding hydrogens is 212 g/mol. The molecule has 1 N–H and O–H groups in total. The molecule has 1 aliphatic rings. The standard InChI is InChI=1S/C10H14N2O2S/c13-9(14)8-7-11-10(15-8)12-5-3-1-2-4-6-12/h7H,1-6H2,(H,13,14). The molecule has 2 rings (SSSR count). The van der Waals surface area contributed by atoms with Crippen molar-refractivity contribution in [2.75, 3.05) is 18.0 Å². The number of anilines is 1. The van der Waals surface area contributed by atoms with E-state index in [1.54, 1.807) is 0 Å². The first-order chi connectivity index (χ1) is 7.27. The largest absolute Gasteiger partial charge is 0.477 e. The fraction of sp³-hybridized carbons (Fsp3) is 0.600. The molecule has 0 unspecified atom stereocenters. The Labute approximate surface area is 92.6 Å². The predicted molar refractivity (Wildman–Crippen MR) is 59.8 cm³/mol. The lowest BCUT2D eigenvalue weighted by molar-refractivity contribution is 0.0702. The molecule has 1 aromatic heterocycles. The molecule has 4 nitrogen and oxygen atoms in total. The van der Waals surface area contributed by atoms with Crippen LogP contribution in [0.25, 0.3) is 0 Å². The molecule has 1 aliphatic heterocycles. The molecule has 1 aromatic rings. The maximum atomic E-state index is 10.7. The number of thiazole rings is 1. The van der Waals surface area contributed by atoms with E-state index in [9.17, 15) is 4.79 Å². The van der Waals surface area contributed by atoms with Crippen molar-refractivity contribution in [2.24, 2.45) is 0 Å². The molecule has 0 aromatic carbocycles. The molecule has 0 aliphatic carbocycles. The number of hydrogen-bond donors (Lipinski definition) is 1. The smallest absolute Gasteiger partial charge is 0.347 e. The van der Waals surface area contributed by atoms with Gasteiger partial charge in [-0.25, -0.2) is 9.78 Å². The van der Waals surface area contributed by atoms with Crippen molar-refractivity contribution in [1.29, 1.82) is 0 Å². The number of nitrogens with zero attached hydrogens (tertiary/aromatic N) is 2. The van der Waals surface area contributed by atoms with Crippen molar-refractivity contribution in [1.82, 2.24) is 4.98 Å². The normalized spacial score (nSPS) is 17.5. The summed E-state index contributed by atoms with van der Waals surface area (Å²) in [6.07, 6.45) is 6.36. The van der Waals surface area contributed by atoms with Crippen LogP contribution < -0.4 is 4.90 Å². The van der Waals surface area contributed by atoms with Crippen molar-refractivity contribution in [3.63, 3.8) is 0 Å². The van der Waals surface area contributed by atoms with E-state index in [-0.39, 0.29) is 0 Å². The fourth-order valence-corrected chi connectivity index (χ4v) is 2.58. The number of carboxylic acids is 1. The molecule has 1 saturated heterocycles. The molecule has 82 valence electrons. The van der Waals surface area contributed by atoms with Gasteiger partial charge in [-0.1, -0.05) is 24.2 Å². The average Bonchev–Trinajstić information content (AvgIpc) is 2.55. The zero-order valence-corrected chi connectivity index (χ0v) is 9.29. The van der Waals surface area contributed by atoms with E-state index in [0.29, 0.717) is 4.88 Å². The third-order valence-corrected chi connectivity index (χ3v) is 3.63. The Hall–Kier alpha value is -1.10. The first kappa shape index (κ1) is 10.4. The average molecular weight is 226 g/mol. The highest BCUT2D eigenvalue weighted by Crippen LogP contribution is 2.24. The number of carbonyl (C=O) groups is 1. The number of carboxylic acid groups (broad SMARTS) is 1. The van der Waals surface area contributed by atoms with Gasteiger partial charge in [-0.05, 0) is 12.8 Å². The summed E-state index contributed by atoms with van der Waals surface area (Å²) >= 11 is 1.27. The first-order valence-electron chi connectivity index (χ1n) is 5.21. The maximum Gasteiger partial charge on any atom is 0.347 e. The monoisotopic (exact) mass is 226 g/mol. The quantitative estimate of drug-likeness (QED) is 0.840. The van der Waals surface area contributed by atoms with Gasteiger partial charge in [-0.2, -0.15) is 0 Å². The highest BCUT2D eigenvalue weighted by Gasteiger charge is 2.15. The fourth-order valence-electron chi connectivity index (χ4n) is 1.77. The Kier molecular flexibility index (Phi) is 3.20. The number of aromatic carboxylic acids is 1. The van der Waals surface area contributed by atoms with Crippen LogP contribution >= 0.6 is 11.3 Å². The van der Waals surface area contributed by atoms with Gasteiger partial charge in [0.1, 0.15) is 4.88 Å². The van der Waals surface area contributed by atoms with Crippen LogP contribution in [-0.2, 0) is 0 Å². The summed E-state index contributed by atoms with van der Waals surface area (Å²) in [6.45, 7) is 2.01. The zero-order valence-electron chi connectivity index (χ0n) is 8.48. The summed E-state index contributed by atoms with van der Waals surface area (Å²) in [5.41, 5.74) is 0. The van der Waals surface area contributed by atoms with Crippen LogP contribution in [0.4, 0.5) is 5.13 Å². The SMILES string of the molecule is O=C(O)c1cnc(N2CCCCCC2)s1. The van der Waals surface area contributed by atoms with Gasteiger partial charge >= 0.3 is 5.97 Å². The minimum atomic E-state index is -0.881. The van der Waals surface area contributed by atoms with E-state index in [1.807, 2.05) is 0 Å². The van der Waals surface area contributed by atoms with Gasteiger partial charge in [0.2, 0.25) is 0 Å². The van der Waals surface area contributed by atoms with Gasteiger partial charge in [0, 0.05) is 13.1 Å². The van der Waals surface area contributed by atoms with Crippen LogP contribution in [-0.4, -0.2) is 29.1 Å². The second kappa shape index (κ2) is 4.61. The Balaban J connectivity index is 2.10. The van der Waals surface area contributed by atoms with E-state index in [0.717, 1.165) is 18.2 Å². The van der Waals surface area contributed by atoms with Crippen LogP contribution in [0.15, 0.2) is 6.20 Å². The van der Waals surface area contributed by atoms with Crippen molar-refractivity contribution in [3.05, 3.63) is 11.1 Å². The lowest BCUT2D eigenvalue weighted by atomic mass is 10.2. The van der Waals surface area contributed by atoms with Gasteiger partial charge in [0.25, 0.3) is 0 Å². The van der Waals surface area contributed by atoms with Gasteiger partial charge < -0.3 is 10.0 Å². The first-order valence-corrected chi connectivity index (χ1v) is 6.03. The van der Waals surface area contributed by atoms with Crippen LogP contribution in [0.3, 0.4) is 0 Å². The van der Waals surface area contributed by atoms with Crippen molar-refractivity contribution in [3.8, 4) is 0 Å². The molecule has 5 heteroatoms. The molecule has 1 fully saturated rings. The van der Waals surface area contributed by atoms with E-state index < -0.39 is 5.97 Å². The van der Waals surface area contributed by atoms with E-state index in [4.69, 9.17) is 5.11 Å². The van der Waals surface area contributed by atoms with E-state index in [1.165, 1.54) is 43.2 Å². The molecule has 0 radical (unpaired) electrons. The molecular formula is C10H14N2O2S. The second-order valence-corrected chi connectivity index (χ2v) is 4.72. The van der Waals surface area contributed by atoms with E-state index in [2.05, 4.69) is 9.88 Å². The van der Waals surface area contributed by atoms with Gasteiger partial charge in [0.05, 0.1) is 6.20 Å². The summed E-state index contributed by atoms with van der Waals surface area (Å²) in [7, 11) is 0. The van der Waals surface area contributed by atoms with Gasteiger partial charge in [-0.15, -0.1) is 0 Å². The van der Waals surface area contributed by atoms with Gasteiger partial charge in [0.15, 0.2) is 5.13 Å². The predicted octanol–water partition coefficient (Wildman–Crippen LogP) is 2.22. The van der Waals surface area contributed by atoms with Crippen LogP contribution in [0, 0.1) is 0 Å². The molecule has 2 heterocycles. The molecule has 0 saturated carbocycles. The molecule has 0 atom stereocenters. The molecule has 0 bridgehead atoms. The van der Waals surface area contributed by atoms with Crippen molar-refractivity contribution in [2.45, 2.75) is 25.7 Å². The number of aromatic nitrogens is 1. The molecule has 0 amide bonds. The van der Waals surface area contributed by atoms with E-state index >= 15 is 0 Å². The van der Waals surface area contributed by atoms with Crippen molar-refractivity contribution >= 4 is 22.4 Å². The highest BCUT2D eigenvalue weighted by atomic mass is 32.1. The lowest BCUT2D eigenvalue weighted by Gasteiger charge is -2.18. The van der Waals surface area contributed by atoms with Crippen LogP contribution in [0.1, 0.15) is 35.4 Å². The Morgan fingerprint density at radius 3 is 2.53 bits per heavy atom. The zero-order chi connectivity index (χ0) is 10.7. The molecule has 15 heavy (non-hydrogen) atoms. The number of hydrogen-bond acceptors (Lipinski definition) is 4. The van der Waals surface area contributed by atoms with Crippen LogP contribution in [0.2, 0.25) is 0 Å². The Bertz CT molecular complexity index is 343. The summed E-state index contributed by atoms with van der Waals surface area (Å²) in [5.74, 6) is -0.881. The summed E-state index contributed by atoms with van der Waals surface area (Å²) < 4.78 is 0. The summed E-state index contributed by atoms with van der Waals surface area (Å²) in [6, 6.07) is 0. The highest BCUT2D eigenvalue weighted by molar-refractivity contribution is 7.17. The minimum Gasteiger partial charge on any atom is -0.477 e. The van der Waals surface area contributed by atoms with Crippen molar-refractivity contribution < 1.29 is 9.90 Å². The summed E-state index contributed by atoms with van der Waals surface area (Å²) in [5, 5.41) is 9.66.